The summed E-state index contributed by atoms with van der Waals surface area (Å²) in [7, 11) is 0. The number of carbonyl (C=O) groups is 1. The van der Waals surface area contributed by atoms with Gasteiger partial charge in [-0.1, -0.05) is 32.0 Å². The molecule has 0 atom stereocenters. The van der Waals surface area contributed by atoms with Crippen molar-refractivity contribution in [3.8, 4) is 5.75 Å². The molecular weight excluding hydrogens is 384 g/mol. The van der Waals surface area contributed by atoms with E-state index in [1.807, 2.05) is 31.2 Å². The van der Waals surface area contributed by atoms with Gasteiger partial charge in [0, 0.05) is 29.9 Å². The van der Waals surface area contributed by atoms with Gasteiger partial charge in [0.2, 0.25) is 0 Å². The number of carbonyl (C=O) groups excluding carboxylic acids is 1. The summed E-state index contributed by atoms with van der Waals surface area (Å²) < 4.78 is 5.56. The topological polar surface area (TPSA) is 74.8 Å². The molecule has 0 aliphatic carbocycles. The monoisotopic (exact) mass is 416 g/mol. The van der Waals surface area contributed by atoms with E-state index in [1.165, 1.54) is 4.88 Å². The molecule has 0 spiro atoms. The van der Waals surface area contributed by atoms with E-state index in [1.54, 1.807) is 11.3 Å². The number of rotatable bonds is 10. The van der Waals surface area contributed by atoms with E-state index in [-0.39, 0.29) is 17.9 Å². The van der Waals surface area contributed by atoms with Crippen LogP contribution in [-0.4, -0.2) is 38.1 Å². The minimum Gasteiger partial charge on any atom is -0.484 e. The molecule has 1 heterocycles. The van der Waals surface area contributed by atoms with Gasteiger partial charge in [0.25, 0.3) is 5.91 Å². The maximum atomic E-state index is 11.6. The van der Waals surface area contributed by atoms with E-state index in [0.717, 1.165) is 24.6 Å². The van der Waals surface area contributed by atoms with Crippen molar-refractivity contribution in [2.75, 3.05) is 26.2 Å². The number of hydrogen-bond acceptors (Lipinski definition) is 4. The summed E-state index contributed by atoms with van der Waals surface area (Å²) in [5, 5.41) is 11.6. The van der Waals surface area contributed by atoms with Gasteiger partial charge in [0.15, 0.2) is 12.6 Å². The molecule has 0 radical (unpaired) electrons. The van der Waals surface area contributed by atoms with Crippen molar-refractivity contribution in [1.29, 1.82) is 0 Å². The van der Waals surface area contributed by atoms with Gasteiger partial charge >= 0.3 is 0 Å². The second-order valence-corrected chi connectivity index (χ2v) is 8.25. The van der Waals surface area contributed by atoms with Gasteiger partial charge in [0.05, 0.1) is 6.54 Å². The summed E-state index contributed by atoms with van der Waals surface area (Å²) in [4.78, 5) is 17.6. The molecule has 0 bridgehead atoms. The van der Waals surface area contributed by atoms with E-state index in [4.69, 9.17) is 9.73 Å². The van der Waals surface area contributed by atoms with Gasteiger partial charge in [-0.2, -0.15) is 0 Å². The molecule has 0 unspecified atom stereocenters. The number of aliphatic imine (C=N–C) groups is 1. The zero-order chi connectivity index (χ0) is 21.1. The van der Waals surface area contributed by atoms with E-state index < -0.39 is 0 Å². The maximum absolute atomic E-state index is 11.6. The average Bonchev–Trinajstić information content (AvgIpc) is 3.25. The number of guanidine groups is 1. The van der Waals surface area contributed by atoms with E-state index in [0.29, 0.717) is 18.8 Å². The fourth-order valence-corrected chi connectivity index (χ4v) is 3.55. The van der Waals surface area contributed by atoms with Crippen molar-refractivity contribution in [1.82, 2.24) is 16.0 Å². The second kappa shape index (κ2) is 11.5. The first-order chi connectivity index (χ1) is 13.9. The molecule has 0 saturated carbocycles. The molecule has 0 aliphatic heterocycles. The van der Waals surface area contributed by atoms with Gasteiger partial charge in [-0.15, -0.1) is 11.3 Å². The van der Waals surface area contributed by atoms with E-state index >= 15 is 0 Å². The molecule has 7 heteroatoms. The number of hydrogen-bond donors (Lipinski definition) is 3. The fourth-order valence-electron chi connectivity index (χ4n) is 2.70. The standard InChI is InChI=1S/C22H32N4O2S/c1-5-23-20(27)15-28-18-10-7-9-17(13-18)14-25-21(24-6-2)26-16-22(3,4)19-11-8-12-29-19/h7-13H,5-6,14-16H2,1-4H3,(H,23,27)(H2,24,25,26). The van der Waals surface area contributed by atoms with Crippen LogP contribution >= 0.6 is 11.3 Å². The first-order valence-electron chi connectivity index (χ1n) is 9.99. The van der Waals surface area contributed by atoms with Crippen molar-refractivity contribution in [3.05, 3.63) is 52.2 Å². The zero-order valence-electron chi connectivity index (χ0n) is 17.7. The Morgan fingerprint density at radius 1 is 1.10 bits per heavy atom. The zero-order valence-corrected chi connectivity index (χ0v) is 18.6. The number of thiophene rings is 1. The van der Waals surface area contributed by atoms with Crippen molar-refractivity contribution in [2.24, 2.45) is 4.99 Å². The molecule has 2 aromatic rings. The predicted octanol–water partition coefficient (Wildman–Crippen LogP) is 3.30. The molecule has 158 valence electrons. The largest absolute Gasteiger partial charge is 0.484 e. The smallest absolute Gasteiger partial charge is 0.257 e. The van der Waals surface area contributed by atoms with Gasteiger partial charge < -0.3 is 20.7 Å². The van der Waals surface area contributed by atoms with Crippen LogP contribution in [0.5, 0.6) is 5.75 Å². The number of amides is 1. The first-order valence-corrected chi connectivity index (χ1v) is 10.9. The summed E-state index contributed by atoms with van der Waals surface area (Å²) in [5.74, 6) is 1.33. The molecule has 1 aromatic heterocycles. The third-order valence-corrected chi connectivity index (χ3v) is 5.53. The van der Waals surface area contributed by atoms with Crippen molar-refractivity contribution in [2.45, 2.75) is 39.7 Å². The Labute approximate surface area is 177 Å². The van der Waals surface area contributed by atoms with Crippen molar-refractivity contribution in [3.63, 3.8) is 0 Å². The third-order valence-electron chi connectivity index (χ3n) is 4.29. The molecule has 29 heavy (non-hydrogen) atoms. The highest BCUT2D eigenvalue weighted by atomic mass is 32.1. The van der Waals surface area contributed by atoms with Gasteiger partial charge in [0.1, 0.15) is 5.75 Å². The number of benzene rings is 1. The van der Waals surface area contributed by atoms with Crippen molar-refractivity contribution < 1.29 is 9.53 Å². The summed E-state index contributed by atoms with van der Waals surface area (Å²) in [6, 6.07) is 11.9. The summed E-state index contributed by atoms with van der Waals surface area (Å²) in [5.41, 5.74) is 1.05. The van der Waals surface area contributed by atoms with E-state index in [9.17, 15) is 4.79 Å². The normalized spacial score (nSPS) is 11.8. The number of likely N-dealkylation sites (N-methyl/N-ethyl adjacent to an activating group) is 1. The Balaban J connectivity index is 1.95. The average molecular weight is 417 g/mol. The van der Waals surface area contributed by atoms with E-state index in [2.05, 4.69) is 54.2 Å². The lowest BCUT2D eigenvalue weighted by Gasteiger charge is -2.25. The van der Waals surface area contributed by atoms with Gasteiger partial charge in [-0.05, 0) is 43.0 Å². The molecule has 0 fully saturated rings. The lowest BCUT2D eigenvalue weighted by atomic mass is 9.91. The Morgan fingerprint density at radius 3 is 2.59 bits per heavy atom. The van der Waals surface area contributed by atoms with Gasteiger partial charge in [-0.3, -0.25) is 4.79 Å². The summed E-state index contributed by atoms with van der Waals surface area (Å²) >= 11 is 1.77. The Kier molecular flexibility index (Phi) is 8.99. The molecule has 0 saturated heterocycles. The van der Waals surface area contributed by atoms with Crippen LogP contribution in [0, 0.1) is 0 Å². The van der Waals surface area contributed by atoms with Crippen LogP contribution in [0.15, 0.2) is 46.8 Å². The summed E-state index contributed by atoms with van der Waals surface area (Å²) in [6.07, 6.45) is 0. The third kappa shape index (κ3) is 7.77. The number of nitrogens with one attached hydrogen (secondary N) is 3. The molecular formula is C22H32N4O2S. The van der Waals surface area contributed by atoms with Crippen LogP contribution in [0.25, 0.3) is 0 Å². The number of nitrogens with zero attached hydrogens (tertiary/aromatic N) is 1. The van der Waals surface area contributed by atoms with Crippen LogP contribution in [-0.2, 0) is 16.8 Å². The SMILES string of the molecule is CCNC(=O)COc1cccc(CN=C(NCC)NCC(C)(C)c2cccs2)c1. The predicted molar refractivity (Wildman–Crippen MR) is 121 cm³/mol. The maximum Gasteiger partial charge on any atom is 0.257 e. The van der Waals surface area contributed by atoms with Crippen LogP contribution in [0.3, 0.4) is 0 Å². The van der Waals surface area contributed by atoms with Crippen LogP contribution < -0.4 is 20.7 Å². The van der Waals surface area contributed by atoms with Gasteiger partial charge in [-0.25, -0.2) is 4.99 Å². The van der Waals surface area contributed by atoms with Crippen molar-refractivity contribution >= 4 is 23.2 Å². The molecule has 1 aromatic carbocycles. The summed E-state index contributed by atoms with van der Waals surface area (Å²) in [6.45, 7) is 11.1. The Bertz CT molecular complexity index is 788. The molecule has 2 rings (SSSR count). The van der Waals surface area contributed by atoms with Crippen LogP contribution in [0.2, 0.25) is 0 Å². The minimum absolute atomic E-state index is 0.0164. The Morgan fingerprint density at radius 2 is 1.90 bits per heavy atom. The minimum atomic E-state index is -0.122. The Hall–Kier alpha value is -2.54. The second-order valence-electron chi connectivity index (χ2n) is 7.30. The van der Waals surface area contributed by atoms with Crippen LogP contribution in [0.4, 0.5) is 0 Å². The first kappa shape index (κ1) is 22.7. The molecule has 6 nitrogen and oxygen atoms in total. The quantitative estimate of drug-likeness (QED) is 0.410. The van der Waals surface area contributed by atoms with Crippen LogP contribution in [0.1, 0.15) is 38.1 Å². The molecule has 3 N–H and O–H groups in total. The highest BCUT2D eigenvalue weighted by Gasteiger charge is 2.21. The highest BCUT2D eigenvalue weighted by Crippen LogP contribution is 2.26. The lowest BCUT2D eigenvalue weighted by Crippen LogP contribution is -2.43. The molecule has 1 amide bonds. The fraction of sp³-hybridized carbons (Fsp3) is 0.455. The lowest BCUT2D eigenvalue weighted by molar-refractivity contribution is -0.122. The number of ether oxygens (including phenoxy) is 1. The highest BCUT2D eigenvalue weighted by molar-refractivity contribution is 7.10. The molecule has 0 aliphatic rings.